The van der Waals surface area contributed by atoms with Crippen molar-refractivity contribution < 1.29 is 9.53 Å². The molecule has 1 aliphatic carbocycles. The van der Waals surface area contributed by atoms with Crippen LogP contribution in [0.15, 0.2) is 46.9 Å². The van der Waals surface area contributed by atoms with Gasteiger partial charge in [0.15, 0.2) is 5.16 Å². The third-order valence-electron chi connectivity index (χ3n) is 5.59. The molecule has 168 valence electrons. The Balaban J connectivity index is 1.88. The highest BCUT2D eigenvalue weighted by Gasteiger charge is 2.24. The van der Waals surface area contributed by atoms with Gasteiger partial charge in [-0.3, -0.25) is 14.2 Å². The Hall–Kier alpha value is -2.58. The molecule has 0 bridgehead atoms. The lowest BCUT2D eigenvalue weighted by Gasteiger charge is -2.16. The standard InChI is InChI=1S/C24H27N3O3S2/c1-4-13-25-21(28)15(2)31-24-26-22-20(18-11-6-5-7-12-19(18)32-22)23(29)27(24)16-9-8-10-17(14-16)30-3/h4,8-10,14-15H,1,5-7,11-13H2,2-3H3,(H,25,28). The van der Waals surface area contributed by atoms with Crippen molar-refractivity contribution >= 4 is 39.2 Å². The minimum absolute atomic E-state index is 0.0798. The number of carbonyl (C=O) groups is 1. The number of nitrogens with zero attached hydrogens (tertiary/aromatic N) is 2. The van der Waals surface area contributed by atoms with Crippen LogP contribution in [0.1, 0.15) is 36.6 Å². The summed E-state index contributed by atoms with van der Waals surface area (Å²) in [5.74, 6) is 0.537. The van der Waals surface area contributed by atoms with E-state index >= 15 is 0 Å². The second-order valence-corrected chi connectivity index (χ2v) is 10.2. The number of aromatic nitrogens is 2. The van der Waals surface area contributed by atoms with Gasteiger partial charge in [0.25, 0.3) is 5.56 Å². The molecular formula is C24H27N3O3S2. The van der Waals surface area contributed by atoms with E-state index in [4.69, 9.17) is 9.72 Å². The minimum Gasteiger partial charge on any atom is -0.497 e. The molecule has 1 unspecified atom stereocenters. The molecule has 1 amide bonds. The summed E-state index contributed by atoms with van der Waals surface area (Å²) in [4.78, 5) is 33.3. The topological polar surface area (TPSA) is 73.2 Å². The van der Waals surface area contributed by atoms with E-state index < -0.39 is 5.25 Å². The van der Waals surface area contributed by atoms with E-state index in [-0.39, 0.29) is 11.5 Å². The number of benzene rings is 1. The molecule has 1 aliphatic rings. The highest BCUT2D eigenvalue weighted by Crippen LogP contribution is 2.35. The average molecular weight is 470 g/mol. The summed E-state index contributed by atoms with van der Waals surface area (Å²) in [6.07, 6.45) is 6.98. The fraction of sp³-hybridized carbons (Fsp3) is 0.375. The molecule has 8 heteroatoms. The van der Waals surface area contributed by atoms with Gasteiger partial charge in [0.2, 0.25) is 5.91 Å². The molecule has 2 heterocycles. The van der Waals surface area contributed by atoms with Crippen molar-refractivity contribution in [2.45, 2.75) is 49.4 Å². The van der Waals surface area contributed by atoms with Crippen molar-refractivity contribution in [3.8, 4) is 11.4 Å². The Morgan fingerprint density at radius 1 is 1.38 bits per heavy atom. The van der Waals surface area contributed by atoms with E-state index in [1.807, 2.05) is 31.2 Å². The molecule has 2 aromatic heterocycles. The van der Waals surface area contributed by atoms with Crippen LogP contribution >= 0.6 is 23.1 Å². The summed E-state index contributed by atoms with van der Waals surface area (Å²) in [6.45, 7) is 5.86. The molecule has 3 aromatic rings. The van der Waals surface area contributed by atoms with Crippen LogP contribution in [-0.2, 0) is 17.6 Å². The zero-order valence-corrected chi connectivity index (χ0v) is 20.0. The average Bonchev–Trinajstić information content (AvgIpc) is 2.98. The molecule has 1 N–H and O–H groups in total. The van der Waals surface area contributed by atoms with E-state index in [1.54, 1.807) is 29.1 Å². The van der Waals surface area contributed by atoms with Crippen LogP contribution in [-0.4, -0.2) is 34.4 Å². The lowest BCUT2D eigenvalue weighted by atomic mass is 10.1. The first-order valence-corrected chi connectivity index (χ1v) is 12.5. The lowest BCUT2D eigenvalue weighted by Crippen LogP contribution is -2.32. The quantitative estimate of drug-likeness (QED) is 0.239. The first kappa shape index (κ1) is 22.6. The molecule has 32 heavy (non-hydrogen) atoms. The Morgan fingerprint density at radius 2 is 2.19 bits per heavy atom. The van der Waals surface area contributed by atoms with Gasteiger partial charge in [0.05, 0.1) is 23.4 Å². The lowest BCUT2D eigenvalue weighted by molar-refractivity contribution is -0.120. The number of methoxy groups -OCH3 is 1. The molecule has 6 nitrogen and oxygen atoms in total. The highest BCUT2D eigenvalue weighted by atomic mass is 32.2. The number of nitrogens with one attached hydrogen (secondary N) is 1. The third-order valence-corrected chi connectivity index (χ3v) is 7.83. The third kappa shape index (κ3) is 4.47. The molecule has 1 aromatic carbocycles. The zero-order chi connectivity index (χ0) is 22.7. The molecule has 0 fully saturated rings. The Bertz CT molecular complexity index is 1220. The number of thioether (sulfide) groups is 1. The predicted octanol–water partition coefficient (Wildman–Crippen LogP) is 4.51. The van der Waals surface area contributed by atoms with Gasteiger partial charge < -0.3 is 10.1 Å². The first-order valence-electron chi connectivity index (χ1n) is 10.8. The summed E-state index contributed by atoms with van der Waals surface area (Å²) >= 11 is 2.91. The second-order valence-electron chi connectivity index (χ2n) is 7.77. The van der Waals surface area contributed by atoms with Crippen LogP contribution < -0.4 is 15.6 Å². The number of ether oxygens (including phenoxy) is 1. The maximum atomic E-state index is 13.9. The van der Waals surface area contributed by atoms with Gasteiger partial charge in [-0.1, -0.05) is 30.3 Å². The van der Waals surface area contributed by atoms with Crippen LogP contribution in [0.2, 0.25) is 0 Å². The first-order chi connectivity index (χ1) is 15.5. The van der Waals surface area contributed by atoms with Gasteiger partial charge in [-0.15, -0.1) is 17.9 Å². The van der Waals surface area contributed by atoms with Crippen LogP contribution in [0.25, 0.3) is 15.9 Å². The van der Waals surface area contributed by atoms with Crippen molar-refractivity contribution in [3.05, 3.63) is 57.7 Å². The number of hydrogen-bond donors (Lipinski definition) is 1. The summed E-state index contributed by atoms with van der Waals surface area (Å²) in [5, 5.41) is 3.63. The Morgan fingerprint density at radius 3 is 2.97 bits per heavy atom. The van der Waals surface area contributed by atoms with Crippen molar-refractivity contribution in [1.82, 2.24) is 14.9 Å². The monoisotopic (exact) mass is 469 g/mol. The maximum absolute atomic E-state index is 13.9. The van der Waals surface area contributed by atoms with Crippen molar-refractivity contribution in [1.29, 1.82) is 0 Å². The van der Waals surface area contributed by atoms with Crippen molar-refractivity contribution in [2.24, 2.45) is 0 Å². The molecule has 0 saturated heterocycles. The smallest absolute Gasteiger partial charge is 0.267 e. The van der Waals surface area contributed by atoms with E-state index in [0.29, 0.717) is 23.1 Å². The van der Waals surface area contributed by atoms with Crippen molar-refractivity contribution in [3.63, 3.8) is 0 Å². The number of hydrogen-bond acceptors (Lipinski definition) is 6. The van der Waals surface area contributed by atoms with Gasteiger partial charge in [0.1, 0.15) is 10.6 Å². The number of fused-ring (bicyclic) bond motifs is 3. The largest absolute Gasteiger partial charge is 0.497 e. The summed E-state index contributed by atoms with van der Waals surface area (Å²) in [5.41, 5.74) is 1.76. The Kier molecular flexibility index (Phi) is 7.01. The molecule has 0 saturated carbocycles. The molecular weight excluding hydrogens is 442 g/mol. The fourth-order valence-corrected chi connectivity index (χ4v) is 6.20. The molecule has 0 spiro atoms. The van der Waals surface area contributed by atoms with Crippen LogP contribution in [0.4, 0.5) is 0 Å². The van der Waals surface area contributed by atoms with Gasteiger partial charge in [-0.05, 0) is 50.3 Å². The van der Waals surface area contributed by atoms with Crippen molar-refractivity contribution in [2.75, 3.05) is 13.7 Å². The van der Waals surface area contributed by atoms with Gasteiger partial charge in [-0.25, -0.2) is 4.98 Å². The fourth-order valence-electron chi connectivity index (χ4n) is 3.95. The maximum Gasteiger partial charge on any atom is 0.267 e. The molecule has 0 aliphatic heterocycles. The van der Waals surface area contributed by atoms with E-state index in [2.05, 4.69) is 11.9 Å². The SMILES string of the molecule is C=CCNC(=O)C(C)Sc1nc2sc3c(c2c(=O)n1-c1cccc(OC)c1)CCCCC3. The molecule has 1 atom stereocenters. The summed E-state index contributed by atoms with van der Waals surface area (Å²) in [7, 11) is 1.60. The van der Waals surface area contributed by atoms with Gasteiger partial charge >= 0.3 is 0 Å². The van der Waals surface area contributed by atoms with E-state index in [1.165, 1.54) is 23.1 Å². The van der Waals surface area contributed by atoms with E-state index in [0.717, 1.165) is 41.5 Å². The molecule has 0 radical (unpaired) electrons. The number of amides is 1. The van der Waals surface area contributed by atoms with Crippen LogP contribution in [0.3, 0.4) is 0 Å². The van der Waals surface area contributed by atoms with Crippen LogP contribution in [0.5, 0.6) is 5.75 Å². The number of thiophene rings is 1. The van der Waals surface area contributed by atoms with Gasteiger partial charge in [0, 0.05) is 17.5 Å². The summed E-state index contributed by atoms with van der Waals surface area (Å²) in [6, 6.07) is 7.39. The normalized spacial score (nSPS) is 14.4. The predicted molar refractivity (Wildman–Crippen MR) is 132 cm³/mol. The second kappa shape index (κ2) is 9.92. The minimum atomic E-state index is -0.422. The Labute approximate surface area is 195 Å². The highest BCUT2D eigenvalue weighted by molar-refractivity contribution is 8.00. The number of aryl methyl sites for hydroxylation is 2. The number of rotatable bonds is 7. The molecule has 4 rings (SSSR count). The zero-order valence-electron chi connectivity index (χ0n) is 18.3. The van der Waals surface area contributed by atoms with E-state index in [9.17, 15) is 9.59 Å². The summed E-state index contributed by atoms with van der Waals surface area (Å²) < 4.78 is 7.01. The number of carbonyl (C=O) groups excluding carboxylic acids is 1. The van der Waals surface area contributed by atoms with Crippen LogP contribution in [0, 0.1) is 0 Å². The van der Waals surface area contributed by atoms with Gasteiger partial charge in [-0.2, -0.15) is 0 Å².